The summed E-state index contributed by atoms with van der Waals surface area (Å²) in [5, 5.41) is 0. The number of likely N-dealkylation sites (tertiary alicyclic amines) is 1. The fourth-order valence-electron chi connectivity index (χ4n) is 1.67. The predicted molar refractivity (Wildman–Crippen MR) is 80.1 cm³/mol. The van der Waals surface area contributed by atoms with Crippen LogP contribution in [0.3, 0.4) is 0 Å². The highest BCUT2D eigenvalue weighted by Gasteiger charge is 2.32. The van der Waals surface area contributed by atoms with Crippen molar-refractivity contribution in [1.82, 2.24) is 9.88 Å². The first-order valence-electron chi connectivity index (χ1n) is 6.44. The van der Waals surface area contributed by atoms with Gasteiger partial charge in [0.05, 0.1) is 5.92 Å². The van der Waals surface area contributed by atoms with E-state index in [0.717, 1.165) is 10.2 Å². The molecule has 1 amide bonds. The molecule has 2 rings (SSSR count). The summed E-state index contributed by atoms with van der Waals surface area (Å²) in [6.45, 7) is 6.83. The van der Waals surface area contributed by atoms with Crippen LogP contribution >= 0.6 is 15.9 Å². The molecule has 0 radical (unpaired) electrons. The fourth-order valence-corrected chi connectivity index (χ4v) is 1.91. The van der Waals surface area contributed by atoms with Crippen molar-refractivity contribution < 1.29 is 9.53 Å². The molecule has 1 aromatic rings. The molecule has 1 aliphatic heterocycles. The van der Waals surface area contributed by atoms with Crippen LogP contribution in [0.25, 0.3) is 0 Å². The first kappa shape index (κ1) is 14.9. The number of halogens is 1. The number of nitrogens with zero attached hydrogens (tertiary/aromatic N) is 2. The van der Waals surface area contributed by atoms with Crippen LogP contribution in [-0.2, 0) is 4.74 Å². The van der Waals surface area contributed by atoms with E-state index in [2.05, 4.69) is 32.8 Å². The molecule has 5 heteroatoms. The van der Waals surface area contributed by atoms with Crippen molar-refractivity contribution in [1.29, 1.82) is 0 Å². The lowest BCUT2D eigenvalue weighted by molar-refractivity contribution is 0.00592. The molecule has 0 spiro atoms. The lowest BCUT2D eigenvalue weighted by Crippen LogP contribution is -2.51. The van der Waals surface area contributed by atoms with Gasteiger partial charge >= 0.3 is 6.09 Å². The average molecular weight is 337 g/mol. The Balaban J connectivity index is 1.83. The summed E-state index contributed by atoms with van der Waals surface area (Å²) < 4.78 is 6.22. The molecule has 0 unspecified atom stereocenters. The lowest BCUT2D eigenvalue weighted by Gasteiger charge is -2.37. The minimum Gasteiger partial charge on any atom is -0.444 e. The van der Waals surface area contributed by atoms with E-state index in [-0.39, 0.29) is 12.0 Å². The third-order valence-corrected chi connectivity index (χ3v) is 3.13. The number of ether oxygens (including phenoxy) is 1. The largest absolute Gasteiger partial charge is 0.444 e. The van der Waals surface area contributed by atoms with Gasteiger partial charge in [-0.3, -0.25) is 0 Å². The normalized spacial score (nSPS) is 15.1. The van der Waals surface area contributed by atoms with Gasteiger partial charge in [0.2, 0.25) is 0 Å². The van der Waals surface area contributed by atoms with Gasteiger partial charge in [-0.25, -0.2) is 9.78 Å². The quantitative estimate of drug-likeness (QED) is 0.684. The zero-order valence-electron chi connectivity index (χ0n) is 11.8. The third-order valence-electron chi connectivity index (χ3n) is 2.66. The Morgan fingerprint density at radius 2 is 2.15 bits per heavy atom. The van der Waals surface area contributed by atoms with Crippen molar-refractivity contribution >= 4 is 22.0 Å². The molecule has 2 heterocycles. The van der Waals surface area contributed by atoms with E-state index < -0.39 is 5.60 Å². The van der Waals surface area contributed by atoms with Crippen molar-refractivity contribution in [2.75, 3.05) is 13.1 Å². The molecule has 0 aliphatic carbocycles. The lowest BCUT2D eigenvalue weighted by atomic mass is 10.0. The van der Waals surface area contributed by atoms with Crippen molar-refractivity contribution in [3.63, 3.8) is 0 Å². The molecule has 1 fully saturated rings. The zero-order chi connectivity index (χ0) is 14.8. The number of carbonyl (C=O) groups is 1. The Hall–Kier alpha value is -1.54. The van der Waals surface area contributed by atoms with Crippen molar-refractivity contribution in [2.24, 2.45) is 5.92 Å². The summed E-state index contributed by atoms with van der Waals surface area (Å²) in [7, 11) is 0. The maximum absolute atomic E-state index is 11.7. The van der Waals surface area contributed by atoms with E-state index in [9.17, 15) is 4.79 Å². The standard InChI is InChI=1S/C15H17BrN2O2/c1-15(2,3)20-14(19)18-9-11(10-18)4-6-13-7-5-12(16)8-17-13/h5,7-8,11H,9-10H2,1-3H3. The topological polar surface area (TPSA) is 42.4 Å². The minimum absolute atomic E-state index is 0.202. The van der Waals surface area contributed by atoms with Crippen LogP contribution in [0.2, 0.25) is 0 Å². The van der Waals surface area contributed by atoms with E-state index in [0.29, 0.717) is 13.1 Å². The predicted octanol–water partition coefficient (Wildman–Crippen LogP) is 3.06. The molecule has 0 aromatic carbocycles. The summed E-state index contributed by atoms with van der Waals surface area (Å²) in [4.78, 5) is 17.6. The Bertz CT molecular complexity index is 546. The first-order valence-corrected chi connectivity index (χ1v) is 7.24. The number of amides is 1. The van der Waals surface area contributed by atoms with Crippen molar-refractivity contribution in [3.8, 4) is 11.8 Å². The van der Waals surface area contributed by atoms with Gasteiger partial charge in [-0.2, -0.15) is 0 Å². The Kier molecular flexibility index (Phi) is 4.34. The van der Waals surface area contributed by atoms with Gasteiger partial charge in [0.15, 0.2) is 0 Å². The molecule has 1 aromatic heterocycles. The van der Waals surface area contributed by atoms with Crippen LogP contribution in [0.15, 0.2) is 22.8 Å². The maximum Gasteiger partial charge on any atom is 0.410 e. The van der Waals surface area contributed by atoms with Gasteiger partial charge in [0.25, 0.3) is 0 Å². The summed E-state index contributed by atoms with van der Waals surface area (Å²) in [5.41, 5.74) is 0.291. The fraction of sp³-hybridized carbons (Fsp3) is 0.467. The number of carbonyl (C=O) groups excluding carboxylic acids is 1. The van der Waals surface area contributed by atoms with Crippen LogP contribution < -0.4 is 0 Å². The molecule has 0 N–H and O–H groups in total. The van der Waals surface area contributed by atoms with Gasteiger partial charge in [-0.15, -0.1) is 0 Å². The van der Waals surface area contributed by atoms with Crippen LogP contribution in [-0.4, -0.2) is 34.7 Å². The second-order valence-corrected chi connectivity index (χ2v) is 6.63. The number of aromatic nitrogens is 1. The smallest absolute Gasteiger partial charge is 0.410 e. The van der Waals surface area contributed by atoms with E-state index in [1.54, 1.807) is 11.1 Å². The SMILES string of the molecule is CC(C)(C)OC(=O)N1CC(C#Cc2ccc(Br)cn2)C1. The van der Waals surface area contributed by atoms with Gasteiger partial charge in [0, 0.05) is 23.8 Å². The first-order chi connectivity index (χ1) is 9.33. The van der Waals surface area contributed by atoms with Crippen molar-refractivity contribution in [3.05, 3.63) is 28.5 Å². The molecule has 4 nitrogen and oxygen atoms in total. The van der Waals surface area contributed by atoms with E-state index in [1.165, 1.54) is 0 Å². The summed E-state index contributed by atoms with van der Waals surface area (Å²) in [5.74, 6) is 6.35. The molecule has 0 saturated carbocycles. The van der Waals surface area contributed by atoms with Crippen molar-refractivity contribution in [2.45, 2.75) is 26.4 Å². The molecular formula is C15H17BrN2O2. The second kappa shape index (κ2) is 5.84. The molecule has 0 atom stereocenters. The number of rotatable bonds is 0. The monoisotopic (exact) mass is 336 g/mol. The molecule has 20 heavy (non-hydrogen) atoms. The van der Waals surface area contributed by atoms with E-state index >= 15 is 0 Å². The summed E-state index contributed by atoms with van der Waals surface area (Å²) >= 11 is 3.33. The highest BCUT2D eigenvalue weighted by molar-refractivity contribution is 9.10. The van der Waals surface area contributed by atoms with Gasteiger partial charge in [-0.1, -0.05) is 5.92 Å². The molecule has 1 aliphatic rings. The highest BCUT2D eigenvalue weighted by Crippen LogP contribution is 2.19. The molecular weight excluding hydrogens is 320 g/mol. The third kappa shape index (κ3) is 4.24. The Morgan fingerprint density at radius 3 is 2.70 bits per heavy atom. The van der Waals surface area contributed by atoms with Crippen LogP contribution in [0.5, 0.6) is 0 Å². The van der Waals surface area contributed by atoms with Crippen LogP contribution in [0.1, 0.15) is 26.5 Å². The minimum atomic E-state index is -0.449. The van der Waals surface area contributed by atoms with Crippen LogP contribution in [0, 0.1) is 17.8 Å². The Labute approximate surface area is 127 Å². The molecule has 1 saturated heterocycles. The van der Waals surface area contributed by atoms with Gasteiger partial charge < -0.3 is 9.64 Å². The molecule has 0 bridgehead atoms. The van der Waals surface area contributed by atoms with E-state index in [1.807, 2.05) is 32.9 Å². The second-order valence-electron chi connectivity index (χ2n) is 5.71. The summed E-state index contributed by atoms with van der Waals surface area (Å²) in [6, 6.07) is 3.77. The summed E-state index contributed by atoms with van der Waals surface area (Å²) in [6.07, 6.45) is 1.45. The maximum atomic E-state index is 11.7. The highest BCUT2D eigenvalue weighted by atomic mass is 79.9. The van der Waals surface area contributed by atoms with Gasteiger partial charge in [-0.05, 0) is 54.8 Å². The zero-order valence-corrected chi connectivity index (χ0v) is 13.4. The van der Waals surface area contributed by atoms with Gasteiger partial charge in [0.1, 0.15) is 11.3 Å². The number of hydrogen-bond donors (Lipinski definition) is 0. The number of hydrogen-bond acceptors (Lipinski definition) is 3. The number of pyridine rings is 1. The Morgan fingerprint density at radius 1 is 1.45 bits per heavy atom. The molecule has 106 valence electrons. The van der Waals surface area contributed by atoms with Crippen LogP contribution in [0.4, 0.5) is 4.79 Å². The average Bonchev–Trinajstić information content (AvgIpc) is 2.27. The van der Waals surface area contributed by atoms with E-state index in [4.69, 9.17) is 4.74 Å².